The highest BCUT2D eigenvalue weighted by Gasteiger charge is 2.72. The molecule has 0 aliphatic heterocycles. The van der Waals surface area contributed by atoms with Crippen LogP contribution < -0.4 is 5.43 Å². The van der Waals surface area contributed by atoms with Crippen LogP contribution in [-0.2, 0) is 4.79 Å². The van der Waals surface area contributed by atoms with Crippen LogP contribution in [0.15, 0.2) is 17.2 Å². The van der Waals surface area contributed by atoms with E-state index in [0.29, 0.717) is 56.3 Å². The molecular weight excluding hydrogens is 599 g/mol. The number of hydrogen-bond donors (Lipinski definition) is 2. The zero-order valence-electron chi connectivity index (χ0n) is 27.1. The van der Waals surface area contributed by atoms with Crippen molar-refractivity contribution in [1.82, 2.24) is 0 Å². The Hall–Kier alpha value is -0.970. The number of rotatable bonds is 4. The molecule has 5 aliphatic rings. The molecule has 5 fully saturated rings. The smallest absolute Gasteiger partial charge is 0.309 e. The van der Waals surface area contributed by atoms with E-state index in [0.717, 1.165) is 38.5 Å². The Morgan fingerprint density at radius 1 is 0.907 bits per heavy atom. The van der Waals surface area contributed by atoms with Gasteiger partial charge in [0.1, 0.15) is 0 Å². The Kier molecular flexibility index (Phi) is 7.83. The van der Waals surface area contributed by atoms with E-state index in [1.807, 2.05) is 0 Å². The second-order valence-corrected chi connectivity index (χ2v) is 18.0. The first kappa shape index (κ1) is 32.0. The molecule has 0 bridgehead atoms. The third-order valence-electron chi connectivity index (χ3n) is 14.9. The van der Waals surface area contributed by atoms with Gasteiger partial charge in [-0.05, 0) is 128 Å². The first-order valence-electron chi connectivity index (χ1n) is 16.7. The first-order chi connectivity index (χ1) is 20.0. The van der Waals surface area contributed by atoms with Gasteiger partial charge in [0.25, 0.3) is 0 Å². The van der Waals surface area contributed by atoms with E-state index >= 15 is 0 Å². The van der Waals surface area contributed by atoms with Crippen LogP contribution in [-0.4, -0.2) is 16.8 Å². The second kappa shape index (κ2) is 10.5. The van der Waals surface area contributed by atoms with Gasteiger partial charge < -0.3 is 5.11 Å². The lowest BCUT2D eigenvalue weighted by Gasteiger charge is -2.72. The van der Waals surface area contributed by atoms with Crippen LogP contribution in [0.2, 0.25) is 15.1 Å². The molecule has 0 radical (unpaired) electrons. The van der Waals surface area contributed by atoms with E-state index < -0.39 is 11.4 Å². The van der Waals surface area contributed by atoms with E-state index in [1.165, 1.54) is 31.4 Å². The monoisotopic (exact) mass is 648 g/mol. The molecule has 5 aliphatic carbocycles. The average Bonchev–Trinajstić information content (AvgIpc) is 3.32. The lowest BCUT2D eigenvalue weighted by Crippen LogP contribution is -2.66. The number of benzene rings is 1. The summed E-state index contributed by atoms with van der Waals surface area (Å²) >= 11 is 19.0. The van der Waals surface area contributed by atoms with Crippen molar-refractivity contribution in [3.8, 4) is 0 Å². The summed E-state index contributed by atoms with van der Waals surface area (Å²) in [6.45, 7) is 17.3. The molecule has 0 saturated heterocycles. The minimum absolute atomic E-state index is 0.0624. The fourth-order valence-electron chi connectivity index (χ4n) is 12.5. The molecule has 4 nitrogen and oxygen atoms in total. The molecule has 238 valence electrons. The Morgan fingerprint density at radius 2 is 1.63 bits per heavy atom. The average molecular weight is 650 g/mol. The molecule has 0 aromatic heterocycles. The summed E-state index contributed by atoms with van der Waals surface area (Å²) in [5, 5.41) is 17.0. The number of carboxylic acids is 1. The highest BCUT2D eigenvalue weighted by Crippen LogP contribution is 2.77. The molecule has 2 unspecified atom stereocenters. The van der Waals surface area contributed by atoms with E-state index in [1.54, 1.807) is 12.1 Å². The molecule has 2 N–H and O–H groups in total. The number of hydrazone groups is 1. The van der Waals surface area contributed by atoms with Gasteiger partial charge in [0.2, 0.25) is 0 Å². The largest absolute Gasteiger partial charge is 0.481 e. The Labute approximate surface area is 274 Å². The maximum atomic E-state index is 13.0. The molecular formula is C36H51Cl3N2O2. The number of nitrogens with one attached hydrogen (secondary N) is 1. The summed E-state index contributed by atoms with van der Waals surface area (Å²) in [5.41, 5.74) is 5.09. The van der Waals surface area contributed by atoms with Crippen LogP contribution in [0.25, 0.3) is 0 Å². The van der Waals surface area contributed by atoms with Crippen LogP contribution in [0, 0.1) is 62.6 Å². The van der Waals surface area contributed by atoms with Gasteiger partial charge in [0, 0.05) is 16.1 Å². The first-order valence-corrected chi connectivity index (χ1v) is 17.9. The lowest BCUT2D eigenvalue weighted by atomic mass is 9.32. The van der Waals surface area contributed by atoms with Crippen molar-refractivity contribution < 1.29 is 9.90 Å². The zero-order chi connectivity index (χ0) is 31.3. The number of aliphatic carboxylic acids is 1. The van der Waals surface area contributed by atoms with Crippen molar-refractivity contribution >= 4 is 52.2 Å². The molecule has 1 aromatic rings. The number of carboxylic acid groups (broad SMARTS) is 1. The van der Waals surface area contributed by atoms with Crippen LogP contribution in [0.5, 0.6) is 0 Å². The summed E-state index contributed by atoms with van der Waals surface area (Å²) in [6.07, 6.45) is 10.7. The fourth-order valence-corrected chi connectivity index (χ4v) is 13.2. The normalized spacial score (nSPS) is 44.3. The predicted octanol–water partition coefficient (Wildman–Crippen LogP) is 11.2. The van der Waals surface area contributed by atoms with Gasteiger partial charge in [-0.2, -0.15) is 5.10 Å². The predicted molar refractivity (Wildman–Crippen MR) is 179 cm³/mol. The van der Waals surface area contributed by atoms with Crippen molar-refractivity contribution in [1.29, 1.82) is 0 Å². The molecule has 6 rings (SSSR count). The summed E-state index contributed by atoms with van der Waals surface area (Å²) in [4.78, 5) is 13.0. The minimum Gasteiger partial charge on any atom is -0.481 e. The molecule has 43 heavy (non-hydrogen) atoms. The topological polar surface area (TPSA) is 61.7 Å². The number of fused-ring (bicyclic) bond motifs is 7. The number of hydrogen-bond acceptors (Lipinski definition) is 3. The summed E-state index contributed by atoms with van der Waals surface area (Å²) < 4.78 is 0. The number of anilines is 1. The van der Waals surface area contributed by atoms with Crippen LogP contribution in [0.1, 0.15) is 113 Å². The van der Waals surface area contributed by atoms with Crippen LogP contribution in [0.4, 0.5) is 5.69 Å². The molecule has 9 atom stereocenters. The van der Waals surface area contributed by atoms with Gasteiger partial charge in [-0.15, -0.1) is 0 Å². The summed E-state index contributed by atoms with van der Waals surface area (Å²) in [7, 11) is 0. The minimum atomic E-state index is -0.513. The zero-order valence-corrected chi connectivity index (χ0v) is 29.4. The maximum absolute atomic E-state index is 13.0. The van der Waals surface area contributed by atoms with Gasteiger partial charge in [-0.25, -0.2) is 0 Å². The maximum Gasteiger partial charge on any atom is 0.309 e. The van der Waals surface area contributed by atoms with Gasteiger partial charge in [0.05, 0.1) is 21.1 Å². The van der Waals surface area contributed by atoms with Gasteiger partial charge >= 0.3 is 5.97 Å². The highest BCUT2D eigenvalue weighted by atomic mass is 35.5. The van der Waals surface area contributed by atoms with Crippen molar-refractivity contribution in [3.63, 3.8) is 0 Å². The Morgan fingerprint density at radius 3 is 2.30 bits per heavy atom. The molecule has 1 aromatic carbocycles. The van der Waals surface area contributed by atoms with E-state index in [2.05, 4.69) is 53.9 Å². The van der Waals surface area contributed by atoms with Gasteiger partial charge in [-0.1, -0.05) is 83.3 Å². The van der Waals surface area contributed by atoms with Gasteiger partial charge in [-0.3, -0.25) is 10.2 Å². The molecule has 5 saturated carbocycles. The van der Waals surface area contributed by atoms with Crippen molar-refractivity contribution in [3.05, 3.63) is 27.2 Å². The number of carbonyl (C=O) groups is 1. The molecule has 0 spiro atoms. The van der Waals surface area contributed by atoms with Crippen molar-refractivity contribution in [2.75, 3.05) is 5.43 Å². The van der Waals surface area contributed by atoms with Crippen LogP contribution in [0.3, 0.4) is 0 Å². The third kappa shape index (κ3) is 4.41. The van der Waals surface area contributed by atoms with Crippen LogP contribution >= 0.6 is 34.8 Å². The SMILES string of the molecule is CC(C)[C@@H]1CCC2(C(=O)O)CC[C@]3(C)C(CC[C@@H]4[C@@]5(C)CC/C(=N\Nc6cc(Cl)cc(Cl)c6Cl)C(C)(C)[C@@H]5CC[C@]43C)[C@@H]12. The van der Waals surface area contributed by atoms with Crippen molar-refractivity contribution in [2.24, 2.45) is 67.7 Å². The van der Waals surface area contributed by atoms with E-state index in [-0.39, 0.29) is 21.7 Å². The van der Waals surface area contributed by atoms with E-state index in [9.17, 15) is 9.90 Å². The van der Waals surface area contributed by atoms with Crippen molar-refractivity contribution in [2.45, 2.75) is 113 Å². The Balaban J connectivity index is 1.31. The van der Waals surface area contributed by atoms with Gasteiger partial charge in [0.15, 0.2) is 0 Å². The summed E-state index contributed by atoms with van der Waals surface area (Å²) in [5.74, 6) is 2.52. The lowest BCUT2D eigenvalue weighted by molar-refractivity contribution is -0.232. The quantitative estimate of drug-likeness (QED) is 0.252. The molecule has 7 heteroatoms. The number of nitrogens with zero attached hydrogens (tertiary/aromatic N) is 1. The Bertz CT molecular complexity index is 1340. The standard InChI is InChI=1S/C36H51Cl3N2O2/c1-20(2)22-10-15-36(31(42)43)17-16-34(6)23(29(22)36)8-9-27-33(5)13-12-28(32(3,4)26(33)11-14-35(27,34)7)41-40-25-19-21(37)18-24(38)30(25)39/h18-20,22-23,26-27,29,40H,8-17H2,1-7H3,(H,42,43)/b41-28+/t22-,23?,26-,27+,29+,33-,34+,35+,36?/m0/s1. The molecule has 0 heterocycles. The highest BCUT2D eigenvalue weighted by molar-refractivity contribution is 6.45. The second-order valence-electron chi connectivity index (χ2n) is 16.7. The number of halogens is 3. The van der Waals surface area contributed by atoms with E-state index in [4.69, 9.17) is 39.9 Å². The molecule has 0 amide bonds. The summed E-state index contributed by atoms with van der Waals surface area (Å²) in [6, 6.07) is 3.43. The fraction of sp³-hybridized carbons (Fsp3) is 0.778. The third-order valence-corrected chi connectivity index (χ3v) is 15.9.